The molecule has 0 spiro atoms. The summed E-state index contributed by atoms with van der Waals surface area (Å²) in [5.41, 5.74) is 9.08. The number of hydrogen-bond donors (Lipinski definition) is 1. The van der Waals surface area contributed by atoms with E-state index in [1.807, 2.05) is 12.5 Å². The van der Waals surface area contributed by atoms with E-state index in [9.17, 15) is 4.79 Å². The molecule has 2 atom stereocenters. The van der Waals surface area contributed by atoms with Crippen molar-refractivity contribution in [2.24, 2.45) is 10.8 Å². The Morgan fingerprint density at radius 3 is 2.42 bits per heavy atom. The summed E-state index contributed by atoms with van der Waals surface area (Å²) in [5.74, 6) is -0.171. The zero-order chi connectivity index (χ0) is 31.3. The molecule has 2 heterocycles. The van der Waals surface area contributed by atoms with Crippen molar-refractivity contribution in [1.82, 2.24) is 25.1 Å². The Morgan fingerprint density at radius 2 is 1.71 bits per heavy atom. The third-order valence-corrected chi connectivity index (χ3v) is 10.2. The molecule has 0 bridgehead atoms. The number of nitrogens with zero attached hydrogens (tertiary/aromatic N) is 4. The average Bonchev–Trinajstić information content (AvgIpc) is 3.68. The lowest BCUT2D eigenvalue weighted by Gasteiger charge is -2.43. The van der Waals surface area contributed by atoms with Crippen molar-refractivity contribution in [3.8, 4) is 0 Å². The van der Waals surface area contributed by atoms with Crippen molar-refractivity contribution in [2.75, 3.05) is 0 Å². The van der Waals surface area contributed by atoms with Gasteiger partial charge >= 0.3 is 0 Å². The predicted molar refractivity (Wildman–Crippen MR) is 182 cm³/mol. The second-order valence-corrected chi connectivity index (χ2v) is 13.4. The highest BCUT2D eigenvalue weighted by Gasteiger charge is 2.46. The van der Waals surface area contributed by atoms with Crippen LogP contribution < -0.4 is 5.32 Å². The number of unbranched alkanes of at least 4 members (excludes halogenated alkanes) is 9. The van der Waals surface area contributed by atoms with Crippen LogP contribution in [0.4, 0.5) is 0 Å². The summed E-state index contributed by atoms with van der Waals surface area (Å²) >= 11 is 0. The molecular weight excluding hydrogens is 554 g/mol. The van der Waals surface area contributed by atoms with Crippen molar-refractivity contribution in [3.05, 3.63) is 119 Å². The molecular formula is C39H47N5O. The molecule has 234 valence electrons. The maximum Gasteiger partial charge on any atom is 0.257 e. The fourth-order valence-corrected chi connectivity index (χ4v) is 7.55. The minimum atomic E-state index is -0.211. The van der Waals surface area contributed by atoms with E-state index in [0.717, 1.165) is 18.5 Å². The monoisotopic (exact) mass is 601 g/mol. The molecule has 0 aliphatic heterocycles. The van der Waals surface area contributed by atoms with Gasteiger partial charge in [-0.3, -0.25) is 4.79 Å². The Balaban J connectivity index is 1.19. The van der Waals surface area contributed by atoms with Crippen LogP contribution in [0.3, 0.4) is 0 Å². The van der Waals surface area contributed by atoms with Crippen LogP contribution in [-0.2, 0) is 0 Å². The summed E-state index contributed by atoms with van der Waals surface area (Å²) in [6.45, 7) is 6.99. The highest BCUT2D eigenvalue weighted by Crippen LogP contribution is 2.59. The van der Waals surface area contributed by atoms with Crippen LogP contribution in [0, 0.1) is 10.8 Å². The van der Waals surface area contributed by atoms with Gasteiger partial charge in [0.15, 0.2) is 0 Å². The number of aromatic nitrogens is 4. The first-order valence-electron chi connectivity index (χ1n) is 17.0. The van der Waals surface area contributed by atoms with Gasteiger partial charge in [-0.1, -0.05) is 102 Å². The second kappa shape index (κ2) is 13.5. The zero-order valence-corrected chi connectivity index (χ0v) is 27.2. The summed E-state index contributed by atoms with van der Waals surface area (Å²) in [6.07, 6.45) is 40.3. The van der Waals surface area contributed by atoms with Crippen molar-refractivity contribution >= 4 is 11.6 Å². The second-order valence-electron chi connectivity index (χ2n) is 13.4. The predicted octanol–water partition coefficient (Wildman–Crippen LogP) is 9.23. The number of imidazole rings is 1. The normalized spacial score (nSPS) is 23.3. The first kappa shape index (κ1) is 30.9. The van der Waals surface area contributed by atoms with Gasteiger partial charge in [0.2, 0.25) is 0 Å². The summed E-state index contributed by atoms with van der Waals surface area (Å²) in [5, 5.41) is 10.7. The molecule has 6 rings (SSSR count). The molecule has 2 aromatic heterocycles. The van der Waals surface area contributed by atoms with Crippen molar-refractivity contribution in [3.63, 3.8) is 0 Å². The molecule has 1 N–H and O–H groups in total. The highest BCUT2D eigenvalue weighted by molar-refractivity contribution is 5.95. The van der Waals surface area contributed by atoms with Gasteiger partial charge in [0, 0.05) is 29.2 Å². The Labute approximate surface area is 268 Å². The van der Waals surface area contributed by atoms with E-state index in [1.165, 1.54) is 110 Å². The van der Waals surface area contributed by atoms with E-state index < -0.39 is 0 Å². The minimum absolute atomic E-state index is 0.165. The number of rotatable bonds is 14. The third-order valence-electron chi connectivity index (χ3n) is 10.2. The van der Waals surface area contributed by atoms with E-state index in [-0.39, 0.29) is 16.7 Å². The first-order valence-corrected chi connectivity index (χ1v) is 17.0. The summed E-state index contributed by atoms with van der Waals surface area (Å²) in [7, 11) is 0. The van der Waals surface area contributed by atoms with Crippen molar-refractivity contribution < 1.29 is 4.79 Å². The lowest BCUT2D eigenvalue weighted by Crippen LogP contribution is -2.33. The molecule has 4 aliphatic carbocycles. The van der Waals surface area contributed by atoms with Crippen LogP contribution in [-0.4, -0.2) is 25.7 Å². The molecule has 0 radical (unpaired) electrons. The zero-order valence-electron chi connectivity index (χ0n) is 27.2. The number of carbonyl (C=O) groups is 1. The van der Waals surface area contributed by atoms with Crippen LogP contribution in [0.1, 0.15) is 108 Å². The topological polar surface area (TPSA) is 72.7 Å². The molecule has 6 nitrogen and oxygen atoms in total. The molecule has 0 aromatic carbocycles. The van der Waals surface area contributed by atoms with Crippen molar-refractivity contribution in [2.45, 2.75) is 97.8 Å². The first-order chi connectivity index (χ1) is 21.9. The number of nitrogens with one attached hydrogen (secondary N) is 1. The molecule has 0 fully saturated rings. The SMILES string of the molecule is CCCCCCCCCCCCC1=C2C3=C(C=C[C@]2(C)C(n2ccnc2)=C1)[C@]1(C)CC=C(NC(=O)c2ccnnc2)C=C1C=C3. The number of hydrogen-bond acceptors (Lipinski definition) is 4. The van der Waals surface area contributed by atoms with E-state index in [4.69, 9.17) is 0 Å². The van der Waals surface area contributed by atoms with E-state index in [2.05, 4.69) is 94.6 Å². The maximum absolute atomic E-state index is 12.8. The Morgan fingerprint density at radius 1 is 0.933 bits per heavy atom. The van der Waals surface area contributed by atoms with Crippen LogP contribution in [0.15, 0.2) is 113 Å². The van der Waals surface area contributed by atoms with E-state index >= 15 is 0 Å². The molecule has 0 saturated carbocycles. The van der Waals surface area contributed by atoms with Crippen LogP contribution in [0.2, 0.25) is 0 Å². The standard InChI is InChI=1S/C39H47N5O/c1-4-5-6-7-8-9-10-11-12-13-14-29-25-35(44-24-23-40-28-44)39(3)21-18-34-33(36(29)39)16-15-31-26-32(17-20-38(31,34)2)43-37(45)30-19-22-41-42-27-30/h15-19,21-28H,4-14,20H2,1-3H3,(H,43,45)/t38-,39-/m1/s1. The molecule has 2 aromatic rings. The van der Waals surface area contributed by atoms with Gasteiger partial charge in [0.1, 0.15) is 0 Å². The molecule has 1 amide bonds. The average molecular weight is 602 g/mol. The minimum Gasteiger partial charge on any atom is -0.322 e. The Hall–Kier alpha value is -4.06. The smallest absolute Gasteiger partial charge is 0.257 e. The molecule has 45 heavy (non-hydrogen) atoms. The lowest BCUT2D eigenvalue weighted by atomic mass is 9.61. The van der Waals surface area contributed by atoms with Crippen molar-refractivity contribution in [1.29, 1.82) is 0 Å². The lowest BCUT2D eigenvalue weighted by molar-refractivity contribution is 0.0966. The van der Waals surface area contributed by atoms with Crippen LogP contribution in [0.25, 0.3) is 5.70 Å². The number of fused-ring (bicyclic) bond motifs is 4. The van der Waals surface area contributed by atoms with Gasteiger partial charge in [-0.05, 0) is 72.3 Å². The fourth-order valence-electron chi connectivity index (χ4n) is 7.55. The maximum atomic E-state index is 12.8. The summed E-state index contributed by atoms with van der Waals surface area (Å²) in [4.78, 5) is 17.2. The van der Waals surface area contributed by atoms with Gasteiger partial charge in [0.25, 0.3) is 5.91 Å². The van der Waals surface area contributed by atoms with Gasteiger partial charge in [-0.2, -0.15) is 10.2 Å². The quantitative estimate of drug-likeness (QED) is 0.219. The van der Waals surface area contributed by atoms with E-state index in [1.54, 1.807) is 6.07 Å². The van der Waals surface area contributed by atoms with Gasteiger partial charge < -0.3 is 9.88 Å². The molecule has 0 unspecified atom stereocenters. The van der Waals surface area contributed by atoms with Gasteiger partial charge in [0.05, 0.1) is 29.7 Å². The van der Waals surface area contributed by atoms with Gasteiger partial charge in [-0.15, -0.1) is 0 Å². The summed E-state index contributed by atoms with van der Waals surface area (Å²) < 4.78 is 2.19. The van der Waals surface area contributed by atoms with E-state index in [0.29, 0.717) is 5.56 Å². The number of carbonyl (C=O) groups excluding carboxylic acids is 1. The number of allylic oxidation sites excluding steroid dienone is 13. The molecule has 0 saturated heterocycles. The molecule has 4 aliphatic rings. The van der Waals surface area contributed by atoms with Crippen LogP contribution in [0.5, 0.6) is 0 Å². The number of amides is 1. The van der Waals surface area contributed by atoms with Crippen LogP contribution >= 0.6 is 0 Å². The summed E-state index contributed by atoms with van der Waals surface area (Å²) in [6, 6.07) is 1.68. The van der Waals surface area contributed by atoms with Gasteiger partial charge in [-0.25, -0.2) is 4.98 Å². The Bertz CT molecular complexity index is 1620. The highest BCUT2D eigenvalue weighted by atomic mass is 16.1. The fraction of sp³-hybridized carbons (Fsp3) is 0.436. The third kappa shape index (κ3) is 6.25. The molecule has 6 heteroatoms. The largest absolute Gasteiger partial charge is 0.322 e. The Kier molecular flexibility index (Phi) is 9.29.